The molecule has 0 atom stereocenters. The summed E-state index contributed by atoms with van der Waals surface area (Å²) in [6, 6.07) is 14.9. The first-order chi connectivity index (χ1) is 9.74. The molecule has 20 heavy (non-hydrogen) atoms. The first-order valence-corrected chi connectivity index (χ1v) is 7.78. The monoisotopic (exact) mass is 267 g/mol. The van der Waals surface area contributed by atoms with Gasteiger partial charge in [-0.3, -0.25) is 4.98 Å². The molecule has 0 bridgehead atoms. The molecule has 0 aliphatic heterocycles. The Bertz CT molecular complexity index is 525. The van der Waals surface area contributed by atoms with Crippen molar-refractivity contribution >= 4 is 0 Å². The molecule has 1 aromatic heterocycles. The van der Waals surface area contributed by atoms with Crippen molar-refractivity contribution in [3.63, 3.8) is 0 Å². The maximum atomic E-state index is 4.94. The van der Waals surface area contributed by atoms with Crippen molar-refractivity contribution in [3.8, 4) is 11.3 Å². The molecule has 2 rings (SSSR count). The highest BCUT2D eigenvalue weighted by Crippen LogP contribution is 2.28. The van der Waals surface area contributed by atoms with Gasteiger partial charge in [0.05, 0.1) is 5.69 Å². The van der Waals surface area contributed by atoms with Crippen molar-refractivity contribution in [2.45, 2.75) is 52.4 Å². The number of hydrogen-bond acceptors (Lipinski definition) is 1. The Balaban J connectivity index is 2.37. The van der Waals surface area contributed by atoms with Crippen LogP contribution in [0.4, 0.5) is 0 Å². The second kappa shape index (κ2) is 7.23. The normalized spacial score (nSPS) is 11.0. The summed E-state index contributed by atoms with van der Waals surface area (Å²) in [6.07, 6.45) is 4.92. The molecule has 1 nitrogen and oxygen atoms in total. The fourth-order valence-corrected chi connectivity index (χ4v) is 2.80. The van der Waals surface area contributed by atoms with Gasteiger partial charge in [-0.15, -0.1) is 0 Å². The Hall–Kier alpha value is -1.63. The van der Waals surface area contributed by atoms with Crippen molar-refractivity contribution in [3.05, 3.63) is 53.7 Å². The third-order valence-electron chi connectivity index (χ3n) is 3.75. The van der Waals surface area contributed by atoms with E-state index in [9.17, 15) is 0 Å². The third-order valence-corrected chi connectivity index (χ3v) is 3.75. The fraction of sp³-hybridized carbons (Fsp3) is 0.421. The largest absolute Gasteiger partial charge is 0.253 e. The average molecular weight is 267 g/mol. The van der Waals surface area contributed by atoms with Gasteiger partial charge in [0.1, 0.15) is 0 Å². The third kappa shape index (κ3) is 3.69. The quantitative estimate of drug-likeness (QED) is 0.650. The predicted octanol–water partition coefficient (Wildman–Crippen LogP) is 5.74. The van der Waals surface area contributed by atoms with Gasteiger partial charge in [-0.25, -0.2) is 0 Å². The number of benzene rings is 1. The Morgan fingerprint density at radius 2 is 1.60 bits per heavy atom. The lowest BCUT2D eigenvalue weighted by Gasteiger charge is -2.16. The molecule has 0 N–H and O–H groups in total. The highest BCUT2D eigenvalue weighted by Gasteiger charge is 2.13. The van der Waals surface area contributed by atoms with E-state index in [1.165, 1.54) is 42.5 Å². The van der Waals surface area contributed by atoms with Gasteiger partial charge in [0.15, 0.2) is 0 Å². The lowest BCUT2D eigenvalue weighted by Crippen LogP contribution is -2.03. The summed E-state index contributed by atoms with van der Waals surface area (Å²) in [4.78, 5) is 4.94. The molecular formula is C19H25N. The molecule has 0 saturated carbocycles. The van der Waals surface area contributed by atoms with Gasteiger partial charge in [0, 0.05) is 17.2 Å². The van der Waals surface area contributed by atoms with Gasteiger partial charge in [0.2, 0.25) is 0 Å². The maximum absolute atomic E-state index is 4.94. The highest BCUT2D eigenvalue weighted by molar-refractivity contribution is 5.60. The molecule has 0 radical (unpaired) electrons. The summed E-state index contributed by atoms with van der Waals surface area (Å²) in [5.74, 6) is 0.604. The molecule has 2 aromatic rings. The Labute approximate surface area is 123 Å². The van der Waals surface area contributed by atoms with Gasteiger partial charge in [-0.2, -0.15) is 0 Å². The number of aryl methyl sites for hydroxylation is 1. The SMILES string of the molecule is CCCC(CCC)c1cc(C)cc(-c2ccccc2)n1. The van der Waals surface area contributed by atoms with E-state index in [0.717, 1.165) is 5.69 Å². The van der Waals surface area contributed by atoms with E-state index < -0.39 is 0 Å². The molecule has 1 heterocycles. The van der Waals surface area contributed by atoms with E-state index in [1.54, 1.807) is 0 Å². The summed E-state index contributed by atoms with van der Waals surface area (Å²) < 4.78 is 0. The first kappa shape index (κ1) is 14.8. The predicted molar refractivity (Wildman–Crippen MR) is 87.0 cm³/mol. The van der Waals surface area contributed by atoms with Crippen molar-refractivity contribution in [2.75, 3.05) is 0 Å². The van der Waals surface area contributed by atoms with Gasteiger partial charge in [0.25, 0.3) is 0 Å². The number of nitrogens with zero attached hydrogens (tertiary/aromatic N) is 1. The minimum atomic E-state index is 0.604. The zero-order valence-corrected chi connectivity index (χ0v) is 12.9. The van der Waals surface area contributed by atoms with Crippen LogP contribution in [0.3, 0.4) is 0 Å². The van der Waals surface area contributed by atoms with Crippen molar-refractivity contribution in [1.29, 1.82) is 0 Å². The number of aromatic nitrogens is 1. The lowest BCUT2D eigenvalue weighted by molar-refractivity contribution is 0.548. The zero-order valence-electron chi connectivity index (χ0n) is 12.9. The molecule has 0 saturated heterocycles. The molecular weight excluding hydrogens is 242 g/mol. The van der Waals surface area contributed by atoms with Gasteiger partial charge >= 0.3 is 0 Å². The highest BCUT2D eigenvalue weighted by atomic mass is 14.7. The van der Waals surface area contributed by atoms with E-state index >= 15 is 0 Å². The van der Waals surface area contributed by atoms with Crippen LogP contribution in [-0.2, 0) is 0 Å². The van der Waals surface area contributed by atoms with Gasteiger partial charge < -0.3 is 0 Å². The van der Waals surface area contributed by atoms with Crippen LogP contribution in [0.1, 0.15) is 56.7 Å². The molecule has 0 amide bonds. The van der Waals surface area contributed by atoms with Crippen LogP contribution in [0, 0.1) is 6.92 Å². The van der Waals surface area contributed by atoms with E-state index in [2.05, 4.69) is 63.2 Å². The van der Waals surface area contributed by atoms with Gasteiger partial charge in [-0.05, 0) is 37.5 Å². The number of pyridine rings is 1. The topological polar surface area (TPSA) is 12.9 Å². The fourth-order valence-electron chi connectivity index (χ4n) is 2.80. The molecule has 0 aliphatic carbocycles. The smallest absolute Gasteiger partial charge is 0.0708 e. The summed E-state index contributed by atoms with van der Waals surface area (Å²) in [5.41, 5.74) is 4.90. The Morgan fingerprint density at radius 1 is 0.950 bits per heavy atom. The number of rotatable bonds is 6. The van der Waals surface area contributed by atoms with Crippen molar-refractivity contribution in [1.82, 2.24) is 4.98 Å². The van der Waals surface area contributed by atoms with Gasteiger partial charge in [-0.1, -0.05) is 57.0 Å². The average Bonchev–Trinajstić information content (AvgIpc) is 2.47. The maximum Gasteiger partial charge on any atom is 0.0708 e. The minimum Gasteiger partial charge on any atom is -0.253 e. The molecule has 0 fully saturated rings. The zero-order chi connectivity index (χ0) is 14.4. The summed E-state index contributed by atoms with van der Waals surface area (Å²) in [5, 5.41) is 0. The van der Waals surface area contributed by atoms with Crippen LogP contribution < -0.4 is 0 Å². The molecule has 0 unspecified atom stereocenters. The molecule has 106 valence electrons. The Morgan fingerprint density at radius 3 is 2.20 bits per heavy atom. The number of hydrogen-bond donors (Lipinski definition) is 0. The summed E-state index contributed by atoms with van der Waals surface area (Å²) in [7, 11) is 0. The van der Waals surface area contributed by atoms with Crippen LogP contribution in [0.2, 0.25) is 0 Å². The van der Waals surface area contributed by atoms with E-state index in [0.29, 0.717) is 5.92 Å². The molecule has 1 aromatic carbocycles. The second-order valence-electron chi connectivity index (χ2n) is 5.59. The standard InChI is InChI=1S/C19H25N/c1-4-9-16(10-5-2)18-13-15(3)14-19(20-18)17-11-7-6-8-12-17/h6-8,11-14,16H,4-5,9-10H2,1-3H3. The van der Waals surface area contributed by atoms with E-state index in [4.69, 9.17) is 4.98 Å². The van der Waals surface area contributed by atoms with Crippen LogP contribution >= 0.6 is 0 Å². The van der Waals surface area contributed by atoms with E-state index in [1.807, 2.05) is 0 Å². The molecule has 1 heteroatoms. The first-order valence-electron chi connectivity index (χ1n) is 7.78. The second-order valence-corrected chi connectivity index (χ2v) is 5.59. The minimum absolute atomic E-state index is 0.604. The summed E-state index contributed by atoms with van der Waals surface area (Å²) in [6.45, 7) is 6.69. The molecule has 0 aliphatic rings. The van der Waals surface area contributed by atoms with Crippen LogP contribution in [0.15, 0.2) is 42.5 Å². The Kier molecular flexibility index (Phi) is 5.34. The van der Waals surface area contributed by atoms with Crippen molar-refractivity contribution in [2.24, 2.45) is 0 Å². The van der Waals surface area contributed by atoms with Crippen molar-refractivity contribution < 1.29 is 0 Å². The van der Waals surface area contributed by atoms with Crippen LogP contribution in [-0.4, -0.2) is 4.98 Å². The summed E-state index contributed by atoms with van der Waals surface area (Å²) >= 11 is 0. The van der Waals surface area contributed by atoms with E-state index in [-0.39, 0.29) is 0 Å². The van der Waals surface area contributed by atoms with Crippen LogP contribution in [0.25, 0.3) is 11.3 Å². The molecule has 0 spiro atoms. The van der Waals surface area contributed by atoms with Crippen LogP contribution in [0.5, 0.6) is 0 Å². The lowest BCUT2D eigenvalue weighted by atomic mass is 9.93.